The van der Waals surface area contributed by atoms with Crippen LogP contribution in [-0.2, 0) is 4.74 Å². The van der Waals surface area contributed by atoms with E-state index in [4.69, 9.17) is 4.74 Å². The monoisotopic (exact) mass is 253 g/mol. The largest absolute Gasteiger partial charge is 0.393 e. The lowest BCUT2D eigenvalue weighted by molar-refractivity contribution is -0.195. The second-order valence-corrected chi connectivity index (χ2v) is 6.81. The van der Waals surface area contributed by atoms with Crippen molar-refractivity contribution in [2.45, 2.75) is 44.6 Å². The number of likely N-dealkylation sites (tertiary alicyclic amines) is 1. The van der Waals surface area contributed by atoms with Gasteiger partial charge < -0.3 is 14.7 Å². The van der Waals surface area contributed by atoms with E-state index in [1.165, 1.54) is 38.8 Å². The van der Waals surface area contributed by atoms with E-state index in [0.29, 0.717) is 5.41 Å². The molecule has 3 heteroatoms. The summed E-state index contributed by atoms with van der Waals surface area (Å²) in [5.74, 6) is 1.67. The van der Waals surface area contributed by atoms with Gasteiger partial charge in [-0.3, -0.25) is 0 Å². The molecule has 1 aliphatic carbocycles. The predicted octanol–water partition coefficient (Wildman–Crippen LogP) is 1.90. The third kappa shape index (κ3) is 2.21. The Balaban J connectivity index is 1.66. The van der Waals surface area contributed by atoms with Crippen molar-refractivity contribution in [1.82, 2.24) is 4.90 Å². The normalized spacial score (nSPS) is 38.3. The summed E-state index contributed by atoms with van der Waals surface area (Å²) in [6, 6.07) is 0. The lowest BCUT2D eigenvalue weighted by Gasteiger charge is -2.55. The van der Waals surface area contributed by atoms with Gasteiger partial charge in [-0.15, -0.1) is 0 Å². The first kappa shape index (κ1) is 12.9. The molecule has 0 bridgehead atoms. The van der Waals surface area contributed by atoms with Gasteiger partial charge in [-0.1, -0.05) is 0 Å². The lowest BCUT2D eigenvalue weighted by Crippen LogP contribution is -2.56. The van der Waals surface area contributed by atoms with Crippen molar-refractivity contribution >= 4 is 0 Å². The van der Waals surface area contributed by atoms with Crippen LogP contribution in [0.25, 0.3) is 0 Å². The maximum atomic E-state index is 9.69. The number of aliphatic hydroxyl groups is 1. The van der Waals surface area contributed by atoms with Crippen molar-refractivity contribution in [1.29, 1.82) is 0 Å². The molecule has 2 aliphatic heterocycles. The van der Waals surface area contributed by atoms with Crippen LogP contribution in [0, 0.1) is 17.3 Å². The highest BCUT2D eigenvalue weighted by Crippen LogP contribution is 2.51. The van der Waals surface area contributed by atoms with Crippen LogP contribution < -0.4 is 0 Å². The zero-order valence-corrected chi connectivity index (χ0v) is 11.6. The summed E-state index contributed by atoms with van der Waals surface area (Å²) in [6.45, 7) is 4.48. The first-order chi connectivity index (χ1) is 8.71. The summed E-state index contributed by atoms with van der Waals surface area (Å²) in [5, 5.41) is 9.69. The second-order valence-electron chi connectivity index (χ2n) is 6.81. The summed E-state index contributed by atoms with van der Waals surface area (Å²) < 4.78 is 5.62. The zero-order valence-electron chi connectivity index (χ0n) is 11.6. The zero-order chi connectivity index (χ0) is 12.6. The number of ether oxygens (including phenoxy) is 1. The number of hydrogen-bond donors (Lipinski definition) is 1. The molecule has 0 aromatic heterocycles. The van der Waals surface area contributed by atoms with Crippen LogP contribution in [0.5, 0.6) is 0 Å². The third-order valence-electron chi connectivity index (χ3n) is 5.78. The molecule has 0 unspecified atom stereocenters. The van der Waals surface area contributed by atoms with E-state index >= 15 is 0 Å². The number of hydrogen-bond acceptors (Lipinski definition) is 3. The lowest BCUT2D eigenvalue weighted by atomic mass is 9.58. The quantitative estimate of drug-likeness (QED) is 0.816. The highest BCUT2D eigenvalue weighted by atomic mass is 16.5. The molecule has 0 atom stereocenters. The number of nitrogens with zero attached hydrogens (tertiary/aromatic N) is 1. The van der Waals surface area contributed by atoms with E-state index in [9.17, 15) is 5.11 Å². The number of aliphatic hydroxyl groups excluding tert-OH is 1. The van der Waals surface area contributed by atoms with Crippen molar-refractivity contribution in [3.05, 3.63) is 0 Å². The smallest absolute Gasteiger partial charge is 0.0550 e. The summed E-state index contributed by atoms with van der Waals surface area (Å²) in [6.07, 6.45) is 7.13. The maximum absolute atomic E-state index is 9.69. The van der Waals surface area contributed by atoms with E-state index in [2.05, 4.69) is 11.9 Å². The van der Waals surface area contributed by atoms with Crippen LogP contribution in [0.2, 0.25) is 0 Å². The number of rotatable bonds is 2. The summed E-state index contributed by atoms with van der Waals surface area (Å²) in [5.41, 5.74) is 0.474. The topological polar surface area (TPSA) is 32.7 Å². The SMILES string of the molecule is CN1CCC(C2(C3CCC(O)CC3)COC2)CC1. The molecule has 3 fully saturated rings. The van der Waals surface area contributed by atoms with Gasteiger partial charge >= 0.3 is 0 Å². The van der Waals surface area contributed by atoms with Gasteiger partial charge in [0.05, 0.1) is 19.3 Å². The second kappa shape index (κ2) is 5.10. The fourth-order valence-electron chi connectivity index (χ4n) is 4.38. The Hall–Kier alpha value is -0.120. The van der Waals surface area contributed by atoms with Crippen molar-refractivity contribution < 1.29 is 9.84 Å². The van der Waals surface area contributed by atoms with Crippen molar-refractivity contribution in [3.63, 3.8) is 0 Å². The average molecular weight is 253 g/mol. The van der Waals surface area contributed by atoms with Crippen molar-refractivity contribution in [3.8, 4) is 0 Å². The minimum absolute atomic E-state index is 0.0308. The van der Waals surface area contributed by atoms with Gasteiger partial charge in [0.1, 0.15) is 0 Å². The fourth-order valence-corrected chi connectivity index (χ4v) is 4.38. The Kier molecular flexibility index (Phi) is 3.65. The summed E-state index contributed by atoms with van der Waals surface area (Å²) >= 11 is 0. The van der Waals surface area contributed by atoms with Gasteiger partial charge in [0, 0.05) is 5.41 Å². The van der Waals surface area contributed by atoms with Crippen LogP contribution in [-0.4, -0.2) is 49.5 Å². The van der Waals surface area contributed by atoms with Crippen LogP contribution in [0.15, 0.2) is 0 Å². The van der Waals surface area contributed by atoms with Crippen LogP contribution in [0.3, 0.4) is 0 Å². The Labute approximate surface area is 110 Å². The highest BCUT2D eigenvalue weighted by Gasteiger charge is 2.51. The summed E-state index contributed by atoms with van der Waals surface area (Å²) in [7, 11) is 2.23. The van der Waals surface area contributed by atoms with Crippen LogP contribution in [0.4, 0.5) is 0 Å². The van der Waals surface area contributed by atoms with Gasteiger partial charge in [-0.05, 0) is 70.5 Å². The Morgan fingerprint density at radius 3 is 2.00 bits per heavy atom. The molecular formula is C15H27NO2. The number of piperidine rings is 1. The molecule has 1 saturated carbocycles. The van der Waals surface area contributed by atoms with Crippen molar-refractivity contribution in [2.75, 3.05) is 33.4 Å². The molecule has 18 heavy (non-hydrogen) atoms. The minimum atomic E-state index is -0.0308. The molecule has 104 valence electrons. The van der Waals surface area contributed by atoms with E-state index in [-0.39, 0.29) is 6.10 Å². The molecule has 3 aliphatic rings. The molecule has 0 aromatic carbocycles. The summed E-state index contributed by atoms with van der Waals surface area (Å²) in [4.78, 5) is 2.45. The molecule has 3 rings (SSSR count). The Morgan fingerprint density at radius 1 is 0.944 bits per heavy atom. The molecule has 2 saturated heterocycles. The Morgan fingerprint density at radius 2 is 1.50 bits per heavy atom. The Bertz CT molecular complexity index is 250. The van der Waals surface area contributed by atoms with Gasteiger partial charge in [0.25, 0.3) is 0 Å². The van der Waals surface area contributed by atoms with Gasteiger partial charge in [0.15, 0.2) is 0 Å². The van der Waals surface area contributed by atoms with Gasteiger partial charge in [-0.25, -0.2) is 0 Å². The highest BCUT2D eigenvalue weighted by molar-refractivity contribution is 4.99. The molecule has 0 aromatic rings. The van der Waals surface area contributed by atoms with E-state index in [0.717, 1.165) is 37.9 Å². The fraction of sp³-hybridized carbons (Fsp3) is 1.00. The molecule has 3 nitrogen and oxygen atoms in total. The van der Waals surface area contributed by atoms with E-state index in [1.807, 2.05) is 0 Å². The maximum Gasteiger partial charge on any atom is 0.0550 e. The van der Waals surface area contributed by atoms with Crippen LogP contribution >= 0.6 is 0 Å². The van der Waals surface area contributed by atoms with Crippen molar-refractivity contribution in [2.24, 2.45) is 17.3 Å². The van der Waals surface area contributed by atoms with E-state index < -0.39 is 0 Å². The standard InChI is InChI=1S/C15H27NO2/c1-16-8-6-13(7-9-16)15(10-18-11-15)12-2-4-14(17)5-3-12/h12-14,17H,2-11H2,1H3. The molecule has 0 amide bonds. The first-order valence-corrected chi connectivity index (χ1v) is 7.65. The molecular weight excluding hydrogens is 226 g/mol. The minimum Gasteiger partial charge on any atom is -0.393 e. The van der Waals surface area contributed by atoms with Crippen LogP contribution in [0.1, 0.15) is 38.5 Å². The van der Waals surface area contributed by atoms with Gasteiger partial charge in [-0.2, -0.15) is 0 Å². The molecule has 1 N–H and O–H groups in total. The first-order valence-electron chi connectivity index (χ1n) is 7.65. The predicted molar refractivity (Wildman–Crippen MR) is 71.4 cm³/mol. The molecule has 0 radical (unpaired) electrons. The molecule has 0 spiro atoms. The average Bonchev–Trinajstić information content (AvgIpc) is 2.32. The third-order valence-corrected chi connectivity index (χ3v) is 5.78. The van der Waals surface area contributed by atoms with E-state index in [1.54, 1.807) is 0 Å². The van der Waals surface area contributed by atoms with Gasteiger partial charge in [0.2, 0.25) is 0 Å². The molecule has 2 heterocycles.